The van der Waals surface area contributed by atoms with Crippen molar-refractivity contribution in [3.05, 3.63) is 35.0 Å². The quantitative estimate of drug-likeness (QED) is 0.894. The number of amides is 1. The lowest BCUT2D eigenvalue weighted by atomic mass is 9.90. The first-order valence-corrected chi connectivity index (χ1v) is 9.16. The number of rotatable bonds is 4. The first-order chi connectivity index (χ1) is 11.0. The van der Waals surface area contributed by atoms with Crippen molar-refractivity contribution in [3.8, 4) is 0 Å². The number of benzene rings is 1. The van der Waals surface area contributed by atoms with Gasteiger partial charge < -0.3 is 11.1 Å². The second-order valence-corrected chi connectivity index (χ2v) is 8.11. The fraction of sp³-hybridized carbons (Fsp3) is 0.500. The molecular formula is C18H21FN2OS. The van der Waals surface area contributed by atoms with Crippen molar-refractivity contribution in [3.63, 3.8) is 0 Å². The smallest absolute Gasteiger partial charge is 0.261 e. The lowest BCUT2D eigenvalue weighted by Gasteiger charge is -2.30. The predicted molar refractivity (Wildman–Crippen MR) is 91.1 cm³/mol. The van der Waals surface area contributed by atoms with Crippen LogP contribution in [0.15, 0.2) is 24.3 Å². The zero-order chi connectivity index (χ0) is 16.0. The molecule has 2 fully saturated rings. The molecule has 1 aromatic carbocycles. The van der Waals surface area contributed by atoms with Gasteiger partial charge in [0.2, 0.25) is 0 Å². The Morgan fingerprint density at radius 1 is 1.30 bits per heavy atom. The highest BCUT2D eigenvalue weighted by Gasteiger charge is 2.50. The van der Waals surface area contributed by atoms with Crippen molar-refractivity contribution in [2.75, 3.05) is 0 Å². The van der Waals surface area contributed by atoms with Gasteiger partial charge in [-0.25, -0.2) is 4.39 Å². The Labute approximate surface area is 139 Å². The van der Waals surface area contributed by atoms with E-state index in [2.05, 4.69) is 5.32 Å². The minimum atomic E-state index is -0.269. The summed E-state index contributed by atoms with van der Waals surface area (Å²) in [6.07, 6.45) is 6.76. The van der Waals surface area contributed by atoms with Crippen LogP contribution in [0.1, 0.15) is 48.2 Å². The standard InChI is InChI=1S/C18H21FN2OS/c19-13-6-5-12-9-15(23-14(12)10-13)17(22)21-16(18(20)7-8-18)11-3-1-2-4-11/h5-6,9-11,16H,1-4,7-8,20H2,(H,21,22). The van der Waals surface area contributed by atoms with E-state index >= 15 is 0 Å². The summed E-state index contributed by atoms with van der Waals surface area (Å²) >= 11 is 1.34. The Balaban J connectivity index is 1.56. The molecule has 4 rings (SSSR count). The number of thiophene rings is 1. The van der Waals surface area contributed by atoms with Crippen molar-refractivity contribution >= 4 is 27.3 Å². The van der Waals surface area contributed by atoms with Gasteiger partial charge in [-0.3, -0.25) is 4.79 Å². The third kappa shape index (κ3) is 2.88. The van der Waals surface area contributed by atoms with Gasteiger partial charge >= 0.3 is 0 Å². The third-order valence-electron chi connectivity index (χ3n) is 5.31. The largest absolute Gasteiger partial charge is 0.346 e. The minimum absolute atomic E-state index is 0.0689. The fourth-order valence-electron chi connectivity index (χ4n) is 3.81. The highest BCUT2D eigenvalue weighted by Crippen LogP contribution is 2.43. The molecule has 0 bridgehead atoms. The maximum Gasteiger partial charge on any atom is 0.261 e. The van der Waals surface area contributed by atoms with Gasteiger partial charge in [-0.2, -0.15) is 0 Å². The Hall–Kier alpha value is -1.46. The molecule has 5 heteroatoms. The van der Waals surface area contributed by atoms with Gasteiger partial charge in [0.25, 0.3) is 5.91 Å². The highest BCUT2D eigenvalue weighted by molar-refractivity contribution is 7.20. The minimum Gasteiger partial charge on any atom is -0.346 e. The van der Waals surface area contributed by atoms with Crippen LogP contribution >= 0.6 is 11.3 Å². The molecule has 1 unspecified atom stereocenters. The van der Waals surface area contributed by atoms with Gasteiger partial charge in [0.05, 0.1) is 4.88 Å². The van der Waals surface area contributed by atoms with E-state index in [9.17, 15) is 9.18 Å². The Kier molecular flexibility index (Phi) is 3.65. The number of hydrogen-bond acceptors (Lipinski definition) is 3. The molecule has 23 heavy (non-hydrogen) atoms. The Bertz CT molecular complexity index is 747. The van der Waals surface area contributed by atoms with Gasteiger partial charge in [0, 0.05) is 16.3 Å². The number of halogens is 1. The number of carbonyl (C=O) groups is 1. The normalized spacial score (nSPS) is 21.5. The second kappa shape index (κ2) is 5.56. The number of carbonyl (C=O) groups excluding carboxylic acids is 1. The van der Waals surface area contributed by atoms with Crippen LogP contribution in [0, 0.1) is 11.7 Å². The number of fused-ring (bicyclic) bond motifs is 1. The molecule has 2 saturated carbocycles. The molecule has 1 amide bonds. The summed E-state index contributed by atoms with van der Waals surface area (Å²) in [5, 5.41) is 4.12. The van der Waals surface area contributed by atoms with Crippen molar-refractivity contribution in [2.45, 2.75) is 50.1 Å². The monoisotopic (exact) mass is 332 g/mol. The van der Waals surface area contributed by atoms with Crippen molar-refractivity contribution < 1.29 is 9.18 Å². The average Bonchev–Trinajstić information content (AvgIpc) is 2.96. The summed E-state index contributed by atoms with van der Waals surface area (Å²) in [7, 11) is 0. The van der Waals surface area contributed by atoms with Crippen LogP contribution in [0.3, 0.4) is 0 Å². The summed E-state index contributed by atoms with van der Waals surface area (Å²) in [5.74, 6) is 0.160. The second-order valence-electron chi connectivity index (χ2n) is 7.02. The van der Waals surface area contributed by atoms with Gasteiger partial charge in [-0.15, -0.1) is 11.3 Å². The van der Waals surface area contributed by atoms with Gasteiger partial charge in [-0.05, 0) is 55.2 Å². The number of nitrogens with one attached hydrogen (secondary N) is 1. The summed E-state index contributed by atoms with van der Waals surface area (Å²) in [4.78, 5) is 13.3. The molecule has 3 nitrogen and oxygen atoms in total. The third-order valence-corrected chi connectivity index (χ3v) is 6.41. The fourth-order valence-corrected chi connectivity index (χ4v) is 4.80. The van der Waals surface area contributed by atoms with Gasteiger partial charge in [-0.1, -0.05) is 18.9 Å². The SMILES string of the molecule is NC1(C(NC(=O)c2cc3ccc(F)cc3s2)C2CCCC2)CC1. The average molecular weight is 332 g/mol. The van der Waals surface area contributed by atoms with Gasteiger partial charge in [0.1, 0.15) is 5.82 Å². The van der Waals surface area contributed by atoms with Crippen LogP contribution in [0.2, 0.25) is 0 Å². The summed E-state index contributed by atoms with van der Waals surface area (Å²) in [5.41, 5.74) is 6.22. The van der Waals surface area contributed by atoms with Crippen molar-refractivity contribution in [2.24, 2.45) is 11.7 Å². The molecule has 2 aliphatic carbocycles. The molecule has 1 aromatic heterocycles. The van der Waals surface area contributed by atoms with E-state index in [0.717, 1.165) is 35.8 Å². The van der Waals surface area contributed by atoms with E-state index in [1.165, 1.54) is 36.3 Å². The first-order valence-electron chi connectivity index (χ1n) is 8.34. The molecule has 122 valence electrons. The van der Waals surface area contributed by atoms with Crippen molar-refractivity contribution in [1.29, 1.82) is 0 Å². The molecule has 2 aliphatic rings. The maximum atomic E-state index is 13.3. The van der Waals surface area contributed by atoms with Gasteiger partial charge in [0.15, 0.2) is 0 Å². The summed E-state index contributed by atoms with van der Waals surface area (Å²) in [6.45, 7) is 0. The molecule has 0 saturated heterocycles. The molecule has 2 aromatic rings. The van der Waals surface area contributed by atoms with Crippen LogP contribution < -0.4 is 11.1 Å². The molecule has 1 heterocycles. The summed E-state index contributed by atoms with van der Waals surface area (Å²) in [6, 6.07) is 6.54. The Morgan fingerprint density at radius 3 is 2.74 bits per heavy atom. The van der Waals surface area contributed by atoms with E-state index < -0.39 is 0 Å². The van der Waals surface area contributed by atoms with E-state index in [4.69, 9.17) is 5.73 Å². The Morgan fingerprint density at radius 2 is 2.04 bits per heavy atom. The number of nitrogens with two attached hydrogens (primary N) is 1. The topological polar surface area (TPSA) is 55.1 Å². The summed E-state index contributed by atoms with van der Waals surface area (Å²) < 4.78 is 14.1. The van der Waals surface area contributed by atoms with E-state index in [1.54, 1.807) is 6.07 Å². The highest BCUT2D eigenvalue weighted by atomic mass is 32.1. The maximum absolute atomic E-state index is 13.3. The molecular weight excluding hydrogens is 311 g/mol. The predicted octanol–water partition coefficient (Wildman–Crippen LogP) is 3.82. The van der Waals surface area contributed by atoms with Crippen LogP contribution in [-0.2, 0) is 0 Å². The number of hydrogen-bond donors (Lipinski definition) is 2. The van der Waals surface area contributed by atoms with Crippen LogP contribution in [0.4, 0.5) is 4.39 Å². The van der Waals surface area contributed by atoms with Crippen molar-refractivity contribution in [1.82, 2.24) is 5.32 Å². The van der Waals surface area contributed by atoms with Crippen LogP contribution in [0.5, 0.6) is 0 Å². The van der Waals surface area contributed by atoms with E-state index in [1.807, 2.05) is 6.07 Å². The van der Waals surface area contributed by atoms with Crippen LogP contribution in [-0.4, -0.2) is 17.5 Å². The zero-order valence-electron chi connectivity index (χ0n) is 13.0. The first kappa shape index (κ1) is 15.1. The lowest BCUT2D eigenvalue weighted by molar-refractivity contribution is 0.0912. The zero-order valence-corrected chi connectivity index (χ0v) is 13.8. The van der Waals surface area contributed by atoms with E-state index in [0.29, 0.717) is 10.8 Å². The lowest BCUT2D eigenvalue weighted by Crippen LogP contribution is -2.53. The molecule has 0 radical (unpaired) electrons. The van der Waals surface area contributed by atoms with E-state index in [-0.39, 0.29) is 23.3 Å². The van der Waals surface area contributed by atoms with Crippen LogP contribution in [0.25, 0.3) is 10.1 Å². The molecule has 0 spiro atoms. The molecule has 1 atom stereocenters. The molecule has 3 N–H and O–H groups in total. The molecule has 0 aliphatic heterocycles.